The van der Waals surface area contributed by atoms with Crippen LogP contribution in [0, 0.1) is 0 Å². The van der Waals surface area contributed by atoms with E-state index in [4.69, 9.17) is 11.6 Å². The zero-order valence-electron chi connectivity index (χ0n) is 10.5. The van der Waals surface area contributed by atoms with Crippen LogP contribution in [0.25, 0.3) is 0 Å². The van der Waals surface area contributed by atoms with Crippen LogP contribution in [-0.4, -0.2) is 27.0 Å². The minimum absolute atomic E-state index is 0.0861. The van der Waals surface area contributed by atoms with Gasteiger partial charge >= 0.3 is 0 Å². The van der Waals surface area contributed by atoms with E-state index in [-0.39, 0.29) is 9.92 Å². The summed E-state index contributed by atoms with van der Waals surface area (Å²) in [6.45, 7) is 2.50. The fourth-order valence-electron chi connectivity index (χ4n) is 1.42. The van der Waals surface area contributed by atoms with E-state index >= 15 is 0 Å². The monoisotopic (exact) mass is 291 g/mol. The van der Waals surface area contributed by atoms with E-state index in [1.54, 1.807) is 7.05 Å². The number of rotatable bonds is 7. The summed E-state index contributed by atoms with van der Waals surface area (Å²) in [6.07, 6.45) is 4.16. The van der Waals surface area contributed by atoms with Gasteiger partial charge in [-0.2, -0.15) is 0 Å². The topological polar surface area (TPSA) is 71.1 Å². The van der Waals surface area contributed by atoms with Gasteiger partial charge in [0.15, 0.2) is 0 Å². The van der Waals surface area contributed by atoms with Crippen LogP contribution in [-0.2, 0) is 10.0 Å². The summed E-state index contributed by atoms with van der Waals surface area (Å²) in [5.74, 6) is 0.460. The third-order valence-electron chi connectivity index (χ3n) is 2.44. The van der Waals surface area contributed by atoms with Gasteiger partial charge in [0.1, 0.15) is 10.7 Å². The third-order valence-corrected chi connectivity index (χ3v) is 4.15. The molecule has 0 fully saturated rings. The quantitative estimate of drug-likeness (QED) is 0.756. The molecule has 0 aromatic carbocycles. The molecule has 7 heteroatoms. The van der Waals surface area contributed by atoms with E-state index in [1.165, 1.54) is 12.3 Å². The Bertz CT molecular complexity index is 491. The first-order chi connectivity index (χ1) is 8.51. The summed E-state index contributed by atoms with van der Waals surface area (Å²) in [5.41, 5.74) is 0. The summed E-state index contributed by atoms with van der Waals surface area (Å²) < 4.78 is 26.4. The van der Waals surface area contributed by atoms with Gasteiger partial charge in [-0.25, -0.2) is 18.1 Å². The van der Waals surface area contributed by atoms with Gasteiger partial charge in [0.25, 0.3) is 0 Å². The summed E-state index contributed by atoms with van der Waals surface area (Å²) in [5, 5.41) is 3.06. The van der Waals surface area contributed by atoms with Crippen molar-refractivity contribution < 1.29 is 8.42 Å². The third kappa shape index (κ3) is 4.12. The van der Waals surface area contributed by atoms with Crippen LogP contribution >= 0.6 is 11.6 Å². The molecular formula is C11H18ClN3O2S. The van der Waals surface area contributed by atoms with Crippen LogP contribution in [0.3, 0.4) is 0 Å². The number of halogens is 1. The average Bonchev–Trinajstić information content (AvgIpc) is 2.34. The van der Waals surface area contributed by atoms with Crippen molar-refractivity contribution in [2.45, 2.75) is 31.1 Å². The SMILES string of the molecule is CCCCCNS(=O)(=O)c1cnc(NC)c(Cl)c1. The summed E-state index contributed by atoms with van der Waals surface area (Å²) in [6, 6.07) is 1.39. The number of anilines is 1. The van der Waals surface area contributed by atoms with Crippen molar-refractivity contribution in [2.24, 2.45) is 0 Å². The molecule has 0 unspecified atom stereocenters. The smallest absolute Gasteiger partial charge is 0.242 e. The van der Waals surface area contributed by atoms with Gasteiger partial charge in [0.2, 0.25) is 10.0 Å². The standard InChI is InChI=1S/C11H18ClN3O2S/c1-3-4-5-6-15-18(16,17)9-7-10(12)11(13-2)14-8-9/h7-8,15H,3-6H2,1-2H3,(H,13,14). The first kappa shape index (κ1) is 15.2. The molecule has 1 heterocycles. The maximum absolute atomic E-state index is 11.9. The number of pyridine rings is 1. The van der Waals surface area contributed by atoms with Crippen LogP contribution in [0.1, 0.15) is 26.2 Å². The normalized spacial score (nSPS) is 11.5. The molecular weight excluding hydrogens is 274 g/mol. The number of nitrogens with zero attached hydrogens (tertiary/aromatic N) is 1. The van der Waals surface area contributed by atoms with Gasteiger partial charge in [-0.15, -0.1) is 0 Å². The Morgan fingerprint density at radius 1 is 1.39 bits per heavy atom. The van der Waals surface area contributed by atoms with Crippen molar-refractivity contribution in [3.05, 3.63) is 17.3 Å². The van der Waals surface area contributed by atoms with Gasteiger partial charge in [-0.05, 0) is 12.5 Å². The van der Waals surface area contributed by atoms with E-state index in [0.717, 1.165) is 19.3 Å². The highest BCUT2D eigenvalue weighted by molar-refractivity contribution is 7.89. The highest BCUT2D eigenvalue weighted by Gasteiger charge is 2.15. The lowest BCUT2D eigenvalue weighted by Gasteiger charge is -2.08. The molecule has 18 heavy (non-hydrogen) atoms. The predicted octanol–water partition coefficient (Wildman–Crippen LogP) is 2.25. The van der Waals surface area contributed by atoms with Gasteiger partial charge in [-0.1, -0.05) is 31.4 Å². The molecule has 5 nitrogen and oxygen atoms in total. The Morgan fingerprint density at radius 2 is 2.11 bits per heavy atom. The maximum atomic E-state index is 11.9. The summed E-state index contributed by atoms with van der Waals surface area (Å²) in [4.78, 5) is 4.03. The van der Waals surface area contributed by atoms with Crippen molar-refractivity contribution in [1.82, 2.24) is 9.71 Å². The van der Waals surface area contributed by atoms with Crippen LogP contribution in [0.15, 0.2) is 17.2 Å². The van der Waals surface area contributed by atoms with E-state index < -0.39 is 10.0 Å². The van der Waals surface area contributed by atoms with E-state index in [9.17, 15) is 8.42 Å². The summed E-state index contributed by atoms with van der Waals surface area (Å²) in [7, 11) is -1.84. The molecule has 0 saturated carbocycles. The van der Waals surface area contributed by atoms with Crippen molar-refractivity contribution in [2.75, 3.05) is 18.9 Å². The van der Waals surface area contributed by atoms with Crippen LogP contribution < -0.4 is 10.0 Å². The minimum atomic E-state index is -3.51. The lowest BCUT2D eigenvalue weighted by Crippen LogP contribution is -2.25. The maximum Gasteiger partial charge on any atom is 0.242 e. The van der Waals surface area contributed by atoms with Crippen LogP contribution in [0.5, 0.6) is 0 Å². The Morgan fingerprint density at radius 3 is 2.67 bits per heavy atom. The molecule has 0 saturated heterocycles. The van der Waals surface area contributed by atoms with Gasteiger partial charge < -0.3 is 5.32 Å². The zero-order chi connectivity index (χ0) is 13.6. The number of sulfonamides is 1. The second kappa shape index (κ2) is 6.92. The Kier molecular flexibility index (Phi) is 5.84. The molecule has 0 amide bonds. The molecule has 102 valence electrons. The van der Waals surface area contributed by atoms with Crippen molar-refractivity contribution >= 4 is 27.4 Å². The van der Waals surface area contributed by atoms with Crippen molar-refractivity contribution in [1.29, 1.82) is 0 Å². The second-order valence-electron chi connectivity index (χ2n) is 3.86. The number of nitrogens with one attached hydrogen (secondary N) is 2. The van der Waals surface area contributed by atoms with Gasteiger partial charge in [0.05, 0.1) is 5.02 Å². The molecule has 0 atom stereocenters. The van der Waals surface area contributed by atoms with E-state index in [0.29, 0.717) is 12.4 Å². The average molecular weight is 292 g/mol. The number of hydrogen-bond acceptors (Lipinski definition) is 4. The van der Waals surface area contributed by atoms with Gasteiger partial charge in [0, 0.05) is 19.8 Å². The Hall–Kier alpha value is -0.850. The first-order valence-corrected chi connectivity index (χ1v) is 7.70. The van der Waals surface area contributed by atoms with Crippen LogP contribution in [0.2, 0.25) is 5.02 Å². The van der Waals surface area contributed by atoms with Crippen molar-refractivity contribution in [3.63, 3.8) is 0 Å². The van der Waals surface area contributed by atoms with Crippen LogP contribution in [0.4, 0.5) is 5.82 Å². The highest BCUT2D eigenvalue weighted by atomic mass is 35.5. The number of aromatic nitrogens is 1. The molecule has 1 aromatic rings. The fourth-order valence-corrected chi connectivity index (χ4v) is 2.79. The first-order valence-electron chi connectivity index (χ1n) is 5.84. The molecule has 1 rings (SSSR count). The predicted molar refractivity (Wildman–Crippen MR) is 73.5 cm³/mol. The Balaban J connectivity index is 2.76. The molecule has 1 aromatic heterocycles. The molecule has 0 bridgehead atoms. The van der Waals surface area contributed by atoms with Gasteiger partial charge in [-0.3, -0.25) is 0 Å². The lowest BCUT2D eigenvalue weighted by molar-refractivity contribution is 0.575. The molecule has 0 aliphatic carbocycles. The van der Waals surface area contributed by atoms with E-state index in [1.807, 2.05) is 0 Å². The largest absolute Gasteiger partial charge is 0.372 e. The molecule has 0 spiro atoms. The molecule has 0 aliphatic rings. The number of unbranched alkanes of at least 4 members (excludes halogenated alkanes) is 2. The fraction of sp³-hybridized carbons (Fsp3) is 0.545. The minimum Gasteiger partial charge on any atom is -0.372 e. The molecule has 2 N–H and O–H groups in total. The zero-order valence-corrected chi connectivity index (χ0v) is 12.1. The summed E-state index contributed by atoms with van der Waals surface area (Å²) >= 11 is 5.90. The molecule has 0 aliphatic heterocycles. The lowest BCUT2D eigenvalue weighted by atomic mass is 10.3. The molecule has 0 radical (unpaired) electrons. The Labute approximate surface area is 113 Å². The van der Waals surface area contributed by atoms with E-state index in [2.05, 4.69) is 21.9 Å². The highest BCUT2D eigenvalue weighted by Crippen LogP contribution is 2.21. The van der Waals surface area contributed by atoms with Crippen molar-refractivity contribution in [3.8, 4) is 0 Å². The second-order valence-corrected chi connectivity index (χ2v) is 6.03. The number of hydrogen-bond donors (Lipinski definition) is 2.